The molecule has 6 heteroatoms. The van der Waals surface area contributed by atoms with Gasteiger partial charge in [-0.05, 0) is 67.8 Å². The van der Waals surface area contributed by atoms with Gasteiger partial charge in [0, 0.05) is 62.2 Å². The standard InChI is InChI=1S/C26H34N4O2/c1-28-11-13-30(14-12-28)25-4-2-3-20-5-8-22(19-24(20)25)27-26(31)21-6-9-23(10-7-21)29-15-17-32-18-16-29/h2-4,6-7,9-10,22H,5,8,11-19H2,1H3,(H,27,31)/t22-/m0/s1. The SMILES string of the molecule is CN1CCN(c2cccc3c2C[C@@H](NC(=O)c2ccc(N4CCOCC4)cc2)CC3)CC1. The van der Waals surface area contributed by atoms with Gasteiger partial charge in [0.1, 0.15) is 0 Å². The highest BCUT2D eigenvalue weighted by Crippen LogP contribution is 2.31. The van der Waals surface area contributed by atoms with Crippen molar-refractivity contribution in [3.8, 4) is 0 Å². The fraction of sp³-hybridized carbons (Fsp3) is 0.500. The van der Waals surface area contributed by atoms with Crippen LogP contribution in [0, 0.1) is 0 Å². The lowest BCUT2D eigenvalue weighted by Gasteiger charge is -2.37. The van der Waals surface area contributed by atoms with Crippen LogP contribution in [0.25, 0.3) is 0 Å². The monoisotopic (exact) mass is 434 g/mol. The molecule has 2 saturated heterocycles. The molecule has 3 aliphatic rings. The molecule has 2 heterocycles. The predicted molar refractivity (Wildman–Crippen MR) is 129 cm³/mol. The molecule has 0 radical (unpaired) electrons. The number of amides is 1. The zero-order chi connectivity index (χ0) is 21.9. The third kappa shape index (κ3) is 4.62. The zero-order valence-corrected chi connectivity index (χ0v) is 19.1. The Balaban J connectivity index is 1.24. The average molecular weight is 435 g/mol. The highest BCUT2D eigenvalue weighted by atomic mass is 16.5. The summed E-state index contributed by atoms with van der Waals surface area (Å²) < 4.78 is 5.43. The summed E-state index contributed by atoms with van der Waals surface area (Å²) in [4.78, 5) is 20.2. The van der Waals surface area contributed by atoms with E-state index in [2.05, 4.69) is 57.4 Å². The zero-order valence-electron chi connectivity index (χ0n) is 19.1. The molecule has 6 nitrogen and oxygen atoms in total. The topological polar surface area (TPSA) is 48.0 Å². The van der Waals surface area contributed by atoms with Gasteiger partial charge in [0.25, 0.3) is 5.91 Å². The molecular weight excluding hydrogens is 400 g/mol. The lowest BCUT2D eigenvalue weighted by atomic mass is 9.86. The number of morpholine rings is 1. The number of ether oxygens (including phenoxy) is 1. The summed E-state index contributed by atoms with van der Waals surface area (Å²) in [6.07, 6.45) is 2.93. The van der Waals surface area contributed by atoms with Crippen molar-refractivity contribution < 1.29 is 9.53 Å². The molecule has 0 spiro atoms. The van der Waals surface area contributed by atoms with Gasteiger partial charge in [-0.1, -0.05) is 12.1 Å². The maximum atomic E-state index is 13.0. The number of likely N-dealkylation sites (N-methyl/N-ethyl adjacent to an activating group) is 1. The molecule has 2 fully saturated rings. The molecule has 0 saturated carbocycles. The summed E-state index contributed by atoms with van der Waals surface area (Å²) in [6.45, 7) is 7.68. The van der Waals surface area contributed by atoms with E-state index in [4.69, 9.17) is 4.74 Å². The number of nitrogens with one attached hydrogen (secondary N) is 1. The number of rotatable bonds is 4. The second-order valence-corrected chi connectivity index (χ2v) is 9.26. The first-order valence-electron chi connectivity index (χ1n) is 12.0. The van der Waals surface area contributed by atoms with Gasteiger partial charge in [0.2, 0.25) is 0 Å². The molecule has 0 bridgehead atoms. The number of hydrogen-bond donors (Lipinski definition) is 1. The number of hydrogen-bond acceptors (Lipinski definition) is 5. The highest BCUT2D eigenvalue weighted by Gasteiger charge is 2.25. The molecule has 32 heavy (non-hydrogen) atoms. The van der Waals surface area contributed by atoms with Crippen molar-refractivity contribution in [1.29, 1.82) is 0 Å². The Bertz CT molecular complexity index is 931. The van der Waals surface area contributed by atoms with Crippen molar-refractivity contribution in [1.82, 2.24) is 10.2 Å². The molecule has 1 amide bonds. The molecule has 1 atom stereocenters. The van der Waals surface area contributed by atoms with E-state index < -0.39 is 0 Å². The summed E-state index contributed by atoms with van der Waals surface area (Å²) in [5.41, 5.74) is 6.14. The molecule has 0 aromatic heterocycles. The van der Waals surface area contributed by atoms with Crippen LogP contribution in [-0.4, -0.2) is 76.4 Å². The summed E-state index contributed by atoms with van der Waals surface area (Å²) in [5.74, 6) is 0.0315. The van der Waals surface area contributed by atoms with Gasteiger partial charge in [-0.15, -0.1) is 0 Å². The molecular formula is C26H34N4O2. The lowest BCUT2D eigenvalue weighted by molar-refractivity contribution is 0.0933. The quantitative estimate of drug-likeness (QED) is 0.802. The first-order valence-corrected chi connectivity index (χ1v) is 12.0. The van der Waals surface area contributed by atoms with E-state index in [1.807, 2.05) is 12.1 Å². The van der Waals surface area contributed by atoms with Crippen LogP contribution >= 0.6 is 0 Å². The maximum Gasteiger partial charge on any atom is 0.251 e. The van der Waals surface area contributed by atoms with Crippen LogP contribution in [0.3, 0.4) is 0 Å². The van der Waals surface area contributed by atoms with E-state index in [0.29, 0.717) is 0 Å². The van der Waals surface area contributed by atoms with Crippen LogP contribution in [0.5, 0.6) is 0 Å². The normalized spacial score (nSPS) is 21.8. The second kappa shape index (κ2) is 9.51. The van der Waals surface area contributed by atoms with E-state index >= 15 is 0 Å². The molecule has 2 aliphatic heterocycles. The third-order valence-electron chi connectivity index (χ3n) is 7.15. The Kier molecular flexibility index (Phi) is 6.32. The lowest BCUT2D eigenvalue weighted by Crippen LogP contribution is -2.45. The summed E-state index contributed by atoms with van der Waals surface area (Å²) >= 11 is 0. The molecule has 1 N–H and O–H groups in total. The maximum absolute atomic E-state index is 13.0. The number of piperazine rings is 1. The van der Waals surface area contributed by atoms with Gasteiger partial charge in [-0.25, -0.2) is 0 Å². The predicted octanol–water partition coefficient (Wildman–Crippen LogP) is 2.56. The van der Waals surface area contributed by atoms with Gasteiger partial charge in [0.05, 0.1) is 13.2 Å². The molecule has 170 valence electrons. The average Bonchev–Trinajstić information content (AvgIpc) is 2.85. The van der Waals surface area contributed by atoms with Crippen molar-refractivity contribution in [3.63, 3.8) is 0 Å². The van der Waals surface area contributed by atoms with E-state index in [0.717, 1.165) is 83.0 Å². The number of aryl methyl sites for hydroxylation is 1. The Morgan fingerprint density at radius 1 is 0.938 bits per heavy atom. The van der Waals surface area contributed by atoms with Crippen molar-refractivity contribution >= 4 is 17.3 Å². The number of fused-ring (bicyclic) bond motifs is 1. The van der Waals surface area contributed by atoms with Crippen molar-refractivity contribution in [2.75, 3.05) is 69.3 Å². The molecule has 0 unspecified atom stereocenters. The second-order valence-electron chi connectivity index (χ2n) is 9.26. The number of carbonyl (C=O) groups excluding carboxylic acids is 1. The Morgan fingerprint density at radius 2 is 1.69 bits per heavy atom. The summed E-state index contributed by atoms with van der Waals surface area (Å²) in [6, 6.07) is 14.9. The number of carbonyl (C=O) groups is 1. The third-order valence-corrected chi connectivity index (χ3v) is 7.15. The fourth-order valence-corrected chi connectivity index (χ4v) is 5.15. The van der Waals surface area contributed by atoms with Crippen molar-refractivity contribution in [2.24, 2.45) is 0 Å². The van der Waals surface area contributed by atoms with Crippen LogP contribution in [0.15, 0.2) is 42.5 Å². The van der Waals surface area contributed by atoms with Crippen molar-refractivity contribution in [2.45, 2.75) is 25.3 Å². The van der Waals surface area contributed by atoms with Crippen molar-refractivity contribution in [3.05, 3.63) is 59.2 Å². The molecule has 2 aromatic rings. The van der Waals surface area contributed by atoms with Gasteiger partial charge < -0.3 is 24.8 Å². The minimum atomic E-state index is 0.0315. The first kappa shape index (κ1) is 21.3. The van der Waals surface area contributed by atoms with Crippen LogP contribution in [-0.2, 0) is 17.6 Å². The first-order chi connectivity index (χ1) is 15.7. The van der Waals surface area contributed by atoms with Crippen LogP contribution < -0.4 is 15.1 Å². The highest BCUT2D eigenvalue weighted by molar-refractivity contribution is 5.94. The molecule has 2 aromatic carbocycles. The number of anilines is 2. The Morgan fingerprint density at radius 3 is 2.44 bits per heavy atom. The van der Waals surface area contributed by atoms with E-state index in [9.17, 15) is 4.79 Å². The van der Waals surface area contributed by atoms with Crippen LogP contribution in [0.2, 0.25) is 0 Å². The minimum Gasteiger partial charge on any atom is -0.378 e. The summed E-state index contributed by atoms with van der Waals surface area (Å²) in [7, 11) is 2.19. The molecule has 1 aliphatic carbocycles. The van der Waals surface area contributed by atoms with E-state index in [-0.39, 0.29) is 11.9 Å². The van der Waals surface area contributed by atoms with Crippen LogP contribution in [0.4, 0.5) is 11.4 Å². The van der Waals surface area contributed by atoms with Gasteiger partial charge >= 0.3 is 0 Å². The molecule has 5 rings (SSSR count). The van der Waals surface area contributed by atoms with Gasteiger partial charge in [-0.3, -0.25) is 4.79 Å². The Labute approximate surface area is 191 Å². The van der Waals surface area contributed by atoms with E-state index in [1.54, 1.807) is 0 Å². The minimum absolute atomic E-state index is 0.0315. The van der Waals surface area contributed by atoms with Gasteiger partial charge in [-0.2, -0.15) is 0 Å². The Hall–Kier alpha value is -2.57. The number of benzene rings is 2. The smallest absolute Gasteiger partial charge is 0.251 e. The van der Waals surface area contributed by atoms with Crippen LogP contribution in [0.1, 0.15) is 27.9 Å². The fourth-order valence-electron chi connectivity index (χ4n) is 5.15. The summed E-state index contributed by atoms with van der Waals surface area (Å²) in [5, 5.41) is 3.31. The van der Waals surface area contributed by atoms with E-state index in [1.165, 1.54) is 16.8 Å². The number of nitrogens with zero attached hydrogens (tertiary/aromatic N) is 3. The largest absolute Gasteiger partial charge is 0.378 e. The van der Waals surface area contributed by atoms with Gasteiger partial charge in [0.15, 0.2) is 0 Å².